The van der Waals surface area contributed by atoms with Crippen molar-refractivity contribution >= 4 is 44.9 Å². The smallest absolute Gasteiger partial charge is 0.145 e. The van der Waals surface area contributed by atoms with Crippen LogP contribution in [0.2, 0.25) is 5.02 Å². The Hall–Kier alpha value is 0.01000. The van der Waals surface area contributed by atoms with Gasteiger partial charge in [0.1, 0.15) is 5.82 Å². The maximum absolute atomic E-state index is 6.04. The molecule has 84 valence electrons. The van der Waals surface area contributed by atoms with Crippen molar-refractivity contribution in [2.45, 2.75) is 25.8 Å². The summed E-state index contributed by atoms with van der Waals surface area (Å²) in [5.41, 5.74) is 0. The number of hydrogen-bond acceptors (Lipinski definition) is 2. The summed E-state index contributed by atoms with van der Waals surface area (Å²) in [5, 5.41) is 3.90. The Morgan fingerprint density at radius 2 is 2.33 bits per heavy atom. The van der Waals surface area contributed by atoms with E-state index < -0.39 is 0 Å². The molecule has 0 fully saturated rings. The number of alkyl halides is 1. The lowest BCUT2D eigenvalue weighted by Crippen LogP contribution is -2.19. The van der Waals surface area contributed by atoms with Crippen LogP contribution in [0.3, 0.4) is 0 Å². The first kappa shape index (κ1) is 13.1. The zero-order valence-electron chi connectivity index (χ0n) is 8.43. The van der Waals surface area contributed by atoms with Crippen LogP contribution in [-0.4, -0.2) is 16.9 Å². The molecular formula is C10H13BrCl2N2. The van der Waals surface area contributed by atoms with Crippen LogP contribution in [0, 0.1) is 0 Å². The van der Waals surface area contributed by atoms with Gasteiger partial charge < -0.3 is 5.32 Å². The molecule has 0 radical (unpaired) electrons. The Morgan fingerprint density at radius 3 is 2.87 bits per heavy atom. The Morgan fingerprint density at radius 1 is 1.60 bits per heavy atom. The van der Waals surface area contributed by atoms with Gasteiger partial charge in [0.15, 0.2) is 0 Å². The van der Waals surface area contributed by atoms with E-state index in [1.165, 1.54) is 0 Å². The monoisotopic (exact) mass is 310 g/mol. The van der Waals surface area contributed by atoms with Crippen LogP contribution >= 0.6 is 39.1 Å². The highest BCUT2D eigenvalue weighted by atomic mass is 79.9. The third-order valence-electron chi connectivity index (χ3n) is 2.10. The molecule has 1 aromatic heterocycles. The van der Waals surface area contributed by atoms with Gasteiger partial charge in [-0.05, 0) is 34.8 Å². The molecule has 0 saturated heterocycles. The van der Waals surface area contributed by atoms with Crippen molar-refractivity contribution < 1.29 is 0 Å². The number of pyridine rings is 1. The van der Waals surface area contributed by atoms with E-state index in [2.05, 4.69) is 33.2 Å². The molecule has 0 aliphatic carbocycles. The normalized spacial score (nSPS) is 12.5. The summed E-state index contributed by atoms with van der Waals surface area (Å²) in [4.78, 5) is 4.21. The molecule has 0 aliphatic heterocycles. The SMILES string of the molecule is CCC(CCCl)Nc1ncc(Br)cc1Cl. The van der Waals surface area contributed by atoms with Gasteiger partial charge in [0.2, 0.25) is 0 Å². The Labute approximate surface area is 108 Å². The van der Waals surface area contributed by atoms with Crippen molar-refractivity contribution in [3.8, 4) is 0 Å². The molecule has 0 aromatic carbocycles. The third-order valence-corrected chi connectivity index (χ3v) is 3.04. The van der Waals surface area contributed by atoms with E-state index in [-0.39, 0.29) is 0 Å². The van der Waals surface area contributed by atoms with Gasteiger partial charge in [-0.3, -0.25) is 0 Å². The Kier molecular flexibility index (Phi) is 5.72. The number of rotatable bonds is 5. The molecule has 0 spiro atoms. The van der Waals surface area contributed by atoms with Gasteiger partial charge in [-0.15, -0.1) is 11.6 Å². The van der Waals surface area contributed by atoms with E-state index in [0.717, 1.165) is 23.1 Å². The molecule has 1 heterocycles. The Balaban J connectivity index is 2.70. The van der Waals surface area contributed by atoms with Crippen LogP contribution in [0.4, 0.5) is 5.82 Å². The first-order valence-electron chi connectivity index (χ1n) is 4.81. The van der Waals surface area contributed by atoms with Gasteiger partial charge in [0, 0.05) is 22.6 Å². The molecule has 0 bridgehead atoms. The number of halogens is 3. The van der Waals surface area contributed by atoms with Gasteiger partial charge in [-0.1, -0.05) is 18.5 Å². The average molecular weight is 312 g/mol. The van der Waals surface area contributed by atoms with Crippen molar-refractivity contribution in [1.29, 1.82) is 0 Å². The first-order valence-corrected chi connectivity index (χ1v) is 6.51. The predicted molar refractivity (Wildman–Crippen MR) is 70.0 cm³/mol. The highest BCUT2D eigenvalue weighted by molar-refractivity contribution is 9.10. The summed E-state index contributed by atoms with van der Waals surface area (Å²) in [6, 6.07) is 2.15. The van der Waals surface area contributed by atoms with Gasteiger partial charge in [-0.25, -0.2) is 4.98 Å². The van der Waals surface area contributed by atoms with Crippen molar-refractivity contribution in [2.75, 3.05) is 11.2 Å². The molecule has 1 rings (SSSR count). The van der Waals surface area contributed by atoms with Crippen LogP contribution in [0.5, 0.6) is 0 Å². The summed E-state index contributed by atoms with van der Waals surface area (Å²) in [6.07, 6.45) is 3.63. The van der Waals surface area contributed by atoms with E-state index >= 15 is 0 Å². The van der Waals surface area contributed by atoms with Crippen molar-refractivity contribution in [3.63, 3.8) is 0 Å². The highest BCUT2D eigenvalue weighted by Gasteiger charge is 2.08. The molecule has 0 aliphatic rings. The predicted octanol–water partition coefficient (Wildman–Crippen LogP) is 4.32. The molecule has 2 nitrogen and oxygen atoms in total. The first-order chi connectivity index (χ1) is 7.17. The molecule has 5 heteroatoms. The maximum atomic E-state index is 6.04. The fourth-order valence-corrected chi connectivity index (χ4v) is 2.17. The number of nitrogens with zero attached hydrogens (tertiary/aromatic N) is 1. The van der Waals surface area contributed by atoms with Gasteiger partial charge >= 0.3 is 0 Å². The second kappa shape index (κ2) is 6.56. The molecular weight excluding hydrogens is 299 g/mol. The topological polar surface area (TPSA) is 24.9 Å². The standard InChI is InChI=1S/C10H13BrCl2N2/c1-2-8(3-4-12)15-10-9(13)5-7(11)6-14-10/h5-6,8H,2-4H2,1H3,(H,14,15). The summed E-state index contributed by atoms with van der Waals surface area (Å²) in [5.74, 6) is 1.36. The van der Waals surface area contributed by atoms with Gasteiger partial charge in [0.05, 0.1) is 5.02 Å². The van der Waals surface area contributed by atoms with Crippen molar-refractivity contribution in [3.05, 3.63) is 21.8 Å². The zero-order chi connectivity index (χ0) is 11.3. The quantitative estimate of drug-likeness (QED) is 0.819. The lowest BCUT2D eigenvalue weighted by molar-refractivity contribution is 0.672. The number of hydrogen-bond donors (Lipinski definition) is 1. The molecule has 15 heavy (non-hydrogen) atoms. The molecule has 0 saturated carbocycles. The van der Waals surface area contributed by atoms with Crippen LogP contribution < -0.4 is 5.32 Å². The van der Waals surface area contributed by atoms with Crippen molar-refractivity contribution in [2.24, 2.45) is 0 Å². The fourth-order valence-electron chi connectivity index (χ4n) is 1.22. The minimum Gasteiger partial charge on any atom is -0.366 e. The molecule has 1 atom stereocenters. The molecule has 0 amide bonds. The summed E-state index contributed by atoms with van der Waals surface area (Å²) < 4.78 is 0.878. The lowest BCUT2D eigenvalue weighted by Gasteiger charge is -2.17. The largest absolute Gasteiger partial charge is 0.366 e. The van der Waals surface area contributed by atoms with Gasteiger partial charge in [0.25, 0.3) is 0 Å². The van der Waals surface area contributed by atoms with Crippen LogP contribution in [0.15, 0.2) is 16.7 Å². The summed E-state index contributed by atoms with van der Waals surface area (Å²) >= 11 is 15.1. The molecule has 1 N–H and O–H groups in total. The van der Waals surface area contributed by atoms with E-state index in [1.807, 2.05) is 6.07 Å². The zero-order valence-corrected chi connectivity index (χ0v) is 11.5. The molecule has 1 unspecified atom stereocenters. The fraction of sp³-hybridized carbons (Fsp3) is 0.500. The van der Waals surface area contributed by atoms with E-state index in [4.69, 9.17) is 23.2 Å². The van der Waals surface area contributed by atoms with Crippen molar-refractivity contribution in [1.82, 2.24) is 4.98 Å². The maximum Gasteiger partial charge on any atom is 0.145 e. The highest BCUT2D eigenvalue weighted by Crippen LogP contribution is 2.24. The van der Waals surface area contributed by atoms with Gasteiger partial charge in [-0.2, -0.15) is 0 Å². The third kappa shape index (κ3) is 4.17. The summed E-state index contributed by atoms with van der Waals surface area (Å²) in [7, 11) is 0. The van der Waals surface area contributed by atoms with E-state index in [1.54, 1.807) is 6.20 Å². The summed E-state index contributed by atoms with van der Waals surface area (Å²) in [6.45, 7) is 2.11. The van der Waals surface area contributed by atoms with E-state index in [9.17, 15) is 0 Å². The number of nitrogens with one attached hydrogen (secondary N) is 1. The number of anilines is 1. The average Bonchev–Trinajstić information content (AvgIpc) is 2.21. The molecule has 1 aromatic rings. The Bertz CT molecular complexity index is 320. The number of aromatic nitrogens is 1. The second-order valence-electron chi connectivity index (χ2n) is 3.21. The minimum absolute atomic E-state index is 0.327. The van der Waals surface area contributed by atoms with Crippen LogP contribution in [0.25, 0.3) is 0 Å². The van der Waals surface area contributed by atoms with Crippen LogP contribution in [-0.2, 0) is 0 Å². The lowest BCUT2D eigenvalue weighted by atomic mass is 10.2. The van der Waals surface area contributed by atoms with Crippen LogP contribution in [0.1, 0.15) is 19.8 Å². The second-order valence-corrected chi connectivity index (χ2v) is 4.91. The van der Waals surface area contributed by atoms with E-state index in [0.29, 0.717) is 16.9 Å². The minimum atomic E-state index is 0.327.